The lowest BCUT2D eigenvalue weighted by molar-refractivity contribution is -0.152. The maximum absolute atomic E-state index is 6.11. The molecule has 0 aliphatic carbocycles. The lowest BCUT2D eigenvalue weighted by Gasteiger charge is -2.38. The summed E-state index contributed by atoms with van der Waals surface area (Å²) < 4.78 is 23.8. The van der Waals surface area contributed by atoms with E-state index in [0.29, 0.717) is 12.2 Å². The average molecular weight is 306 g/mol. The fourth-order valence-electron chi connectivity index (χ4n) is 4.06. The van der Waals surface area contributed by atoms with Crippen LogP contribution in [0.15, 0.2) is 0 Å². The first-order chi connectivity index (χ1) is 10.9. The van der Waals surface area contributed by atoms with E-state index in [1.54, 1.807) is 0 Å². The Balaban J connectivity index is 1.31. The zero-order valence-corrected chi connectivity index (χ0v) is 13.2. The summed E-state index contributed by atoms with van der Waals surface area (Å²) >= 11 is 0. The normalized spacial score (nSPS) is 45.1. The molecule has 22 heavy (non-hydrogen) atoms. The van der Waals surface area contributed by atoms with Crippen molar-refractivity contribution >= 4 is 0 Å². The van der Waals surface area contributed by atoms with Crippen molar-refractivity contribution in [2.24, 2.45) is 0 Å². The van der Waals surface area contributed by atoms with Gasteiger partial charge in [-0.3, -0.25) is 0 Å². The minimum absolute atomic E-state index is 0.0619. The van der Waals surface area contributed by atoms with Gasteiger partial charge in [0.25, 0.3) is 0 Å². The zero-order chi connectivity index (χ0) is 14.8. The molecule has 4 heterocycles. The maximum atomic E-state index is 6.11. The fraction of sp³-hybridized carbons (Fsp3) is 0.889. The smallest absolute Gasteiger partial charge is 0.118 e. The topological polar surface area (TPSA) is 36.9 Å². The highest BCUT2D eigenvalue weighted by Gasteiger charge is 2.35. The molecule has 0 radical (unpaired) electrons. The monoisotopic (exact) mass is 306 g/mol. The first kappa shape index (κ1) is 15.0. The van der Waals surface area contributed by atoms with E-state index in [9.17, 15) is 0 Å². The standard InChI is InChI=1S/C18H26O4/c1-3-17-15(19-11-1)9-7-13(21-17)5-6-14-8-10-16-18(22-14)4-2-12-20-16/h13-18H,1-4,7-12H2/t13-,14-,15-,16-,17+,18+/m1/s1. The van der Waals surface area contributed by atoms with Crippen molar-refractivity contribution in [1.82, 2.24) is 0 Å². The Morgan fingerprint density at radius 1 is 0.545 bits per heavy atom. The highest BCUT2D eigenvalue weighted by Crippen LogP contribution is 2.30. The van der Waals surface area contributed by atoms with Crippen LogP contribution in [0, 0.1) is 11.8 Å². The van der Waals surface area contributed by atoms with Crippen LogP contribution in [0.3, 0.4) is 0 Å². The van der Waals surface area contributed by atoms with Gasteiger partial charge in [0.05, 0.1) is 24.4 Å². The zero-order valence-electron chi connectivity index (χ0n) is 13.2. The van der Waals surface area contributed by atoms with Gasteiger partial charge < -0.3 is 18.9 Å². The Labute approximate surface area is 132 Å². The lowest BCUT2D eigenvalue weighted by atomic mass is 9.94. The van der Waals surface area contributed by atoms with E-state index in [0.717, 1.165) is 64.6 Å². The van der Waals surface area contributed by atoms with Gasteiger partial charge in [-0.05, 0) is 51.4 Å². The largest absolute Gasteiger partial charge is 0.376 e. The summed E-state index contributed by atoms with van der Waals surface area (Å²) in [4.78, 5) is 0. The van der Waals surface area contributed by atoms with Crippen LogP contribution in [0.25, 0.3) is 0 Å². The van der Waals surface area contributed by atoms with Crippen LogP contribution in [0.2, 0.25) is 0 Å². The summed E-state index contributed by atoms with van der Waals surface area (Å²) in [5, 5.41) is 0. The van der Waals surface area contributed by atoms with Crippen LogP contribution in [0.4, 0.5) is 0 Å². The molecule has 4 nitrogen and oxygen atoms in total. The molecule has 4 rings (SSSR count). The van der Waals surface area contributed by atoms with E-state index in [2.05, 4.69) is 11.8 Å². The third-order valence-corrected chi connectivity index (χ3v) is 5.27. The Kier molecular flexibility index (Phi) is 4.68. The predicted molar refractivity (Wildman–Crippen MR) is 81.5 cm³/mol. The van der Waals surface area contributed by atoms with Gasteiger partial charge in [0.2, 0.25) is 0 Å². The van der Waals surface area contributed by atoms with Gasteiger partial charge in [-0.1, -0.05) is 11.8 Å². The van der Waals surface area contributed by atoms with Crippen molar-refractivity contribution in [2.75, 3.05) is 13.2 Å². The Morgan fingerprint density at radius 3 is 1.55 bits per heavy atom. The molecule has 0 saturated carbocycles. The molecule has 4 aliphatic rings. The Hall–Kier alpha value is -0.600. The molecule has 4 aliphatic heterocycles. The quantitative estimate of drug-likeness (QED) is 0.644. The van der Waals surface area contributed by atoms with Crippen molar-refractivity contribution in [1.29, 1.82) is 0 Å². The number of fused-ring (bicyclic) bond motifs is 2. The Bertz CT molecular complexity index is 402. The highest BCUT2D eigenvalue weighted by atomic mass is 16.6. The SMILES string of the molecule is C(#C[C@@H]1CC[C@H]2OCCC[C@@H]2O1)[C@@H]1CC[C@H]2OCCC[C@@H]2O1. The third kappa shape index (κ3) is 3.33. The van der Waals surface area contributed by atoms with Crippen LogP contribution in [-0.2, 0) is 18.9 Å². The van der Waals surface area contributed by atoms with Crippen molar-refractivity contribution in [2.45, 2.75) is 88.0 Å². The minimum Gasteiger partial charge on any atom is -0.376 e. The molecule has 6 atom stereocenters. The van der Waals surface area contributed by atoms with Gasteiger partial charge in [-0.15, -0.1) is 0 Å². The van der Waals surface area contributed by atoms with E-state index in [1.165, 1.54) is 0 Å². The molecule has 0 aromatic rings. The van der Waals surface area contributed by atoms with Crippen LogP contribution in [-0.4, -0.2) is 49.8 Å². The van der Waals surface area contributed by atoms with Gasteiger partial charge in [-0.2, -0.15) is 0 Å². The molecule has 0 aromatic heterocycles. The molecule has 0 aromatic carbocycles. The summed E-state index contributed by atoms with van der Waals surface area (Å²) in [5.74, 6) is 6.65. The second-order valence-electron chi connectivity index (χ2n) is 6.87. The van der Waals surface area contributed by atoms with E-state index >= 15 is 0 Å². The van der Waals surface area contributed by atoms with Crippen LogP contribution < -0.4 is 0 Å². The van der Waals surface area contributed by atoms with Crippen molar-refractivity contribution in [3.8, 4) is 11.8 Å². The average Bonchev–Trinajstić information content (AvgIpc) is 2.59. The van der Waals surface area contributed by atoms with Crippen LogP contribution in [0.5, 0.6) is 0 Å². The van der Waals surface area contributed by atoms with Crippen LogP contribution in [0.1, 0.15) is 51.4 Å². The minimum atomic E-state index is 0.0619. The fourth-order valence-corrected chi connectivity index (χ4v) is 4.06. The second kappa shape index (κ2) is 6.88. The van der Waals surface area contributed by atoms with E-state index in [1.807, 2.05) is 0 Å². The van der Waals surface area contributed by atoms with Crippen molar-refractivity contribution < 1.29 is 18.9 Å². The molecule has 0 spiro atoms. The van der Waals surface area contributed by atoms with E-state index < -0.39 is 0 Å². The summed E-state index contributed by atoms with van der Waals surface area (Å²) in [7, 11) is 0. The van der Waals surface area contributed by atoms with Gasteiger partial charge in [0.15, 0.2) is 0 Å². The molecule has 4 fully saturated rings. The number of hydrogen-bond acceptors (Lipinski definition) is 4. The highest BCUT2D eigenvalue weighted by molar-refractivity contribution is 5.12. The molecule has 0 unspecified atom stereocenters. The summed E-state index contributed by atoms with van der Waals surface area (Å²) in [6.07, 6.45) is 9.80. The maximum Gasteiger partial charge on any atom is 0.118 e. The van der Waals surface area contributed by atoms with Crippen molar-refractivity contribution in [3.05, 3.63) is 0 Å². The Morgan fingerprint density at radius 2 is 1.05 bits per heavy atom. The molecule has 0 N–H and O–H groups in total. The first-order valence-electron chi connectivity index (χ1n) is 8.94. The van der Waals surface area contributed by atoms with E-state index in [4.69, 9.17) is 18.9 Å². The van der Waals surface area contributed by atoms with Gasteiger partial charge >= 0.3 is 0 Å². The van der Waals surface area contributed by atoms with Gasteiger partial charge in [-0.25, -0.2) is 0 Å². The summed E-state index contributed by atoms with van der Waals surface area (Å²) in [6, 6.07) is 0. The van der Waals surface area contributed by atoms with Gasteiger partial charge in [0.1, 0.15) is 12.2 Å². The number of rotatable bonds is 0. The van der Waals surface area contributed by atoms with Crippen LogP contribution >= 0.6 is 0 Å². The second-order valence-corrected chi connectivity index (χ2v) is 6.87. The molecule has 0 bridgehead atoms. The van der Waals surface area contributed by atoms with Crippen molar-refractivity contribution in [3.63, 3.8) is 0 Å². The first-order valence-corrected chi connectivity index (χ1v) is 8.94. The molecular formula is C18H26O4. The molecule has 4 saturated heterocycles. The third-order valence-electron chi connectivity index (χ3n) is 5.27. The summed E-state index contributed by atoms with van der Waals surface area (Å²) in [6.45, 7) is 1.78. The lowest BCUT2D eigenvalue weighted by Crippen LogP contribution is -2.44. The molecule has 122 valence electrons. The van der Waals surface area contributed by atoms with Gasteiger partial charge in [0, 0.05) is 13.2 Å². The number of hydrogen-bond donors (Lipinski definition) is 0. The molecule has 4 heteroatoms. The molecular weight excluding hydrogens is 280 g/mol. The molecule has 0 amide bonds. The van der Waals surface area contributed by atoms with E-state index in [-0.39, 0.29) is 24.4 Å². The number of ether oxygens (including phenoxy) is 4. The predicted octanol–water partition coefficient (Wildman–Crippen LogP) is 2.44. The summed E-state index contributed by atoms with van der Waals surface area (Å²) in [5.41, 5.74) is 0.